The molecule has 1 N–H and O–H groups in total. The Morgan fingerprint density at radius 2 is 1.66 bits per heavy atom. The molecule has 0 saturated heterocycles. The minimum absolute atomic E-state index is 0.0799. The molecule has 29 heavy (non-hydrogen) atoms. The smallest absolute Gasteiger partial charge is 0.279 e. The van der Waals surface area contributed by atoms with Gasteiger partial charge in [0.1, 0.15) is 5.60 Å². The highest BCUT2D eigenvalue weighted by Gasteiger charge is 2.42. The Hall–Kier alpha value is -2.18. The second-order valence-electron chi connectivity index (χ2n) is 8.30. The number of nitrogens with zero attached hydrogens (tertiary/aromatic N) is 2. The van der Waals surface area contributed by atoms with Crippen LogP contribution in [-0.2, 0) is 15.6 Å². The van der Waals surface area contributed by atoms with E-state index in [1.807, 2.05) is 37.3 Å². The van der Waals surface area contributed by atoms with Gasteiger partial charge in [0.2, 0.25) is 0 Å². The fourth-order valence-electron chi connectivity index (χ4n) is 4.37. The molecule has 0 amide bonds. The Bertz CT molecular complexity index is 981. The maximum absolute atomic E-state index is 13.4. The Balaban J connectivity index is 1.75. The van der Waals surface area contributed by atoms with Crippen molar-refractivity contribution in [2.24, 2.45) is 11.0 Å². The van der Waals surface area contributed by atoms with E-state index in [4.69, 9.17) is 0 Å². The molecule has 2 aliphatic rings. The minimum Gasteiger partial charge on any atom is -0.383 e. The summed E-state index contributed by atoms with van der Waals surface area (Å²) in [4.78, 5) is 0.201. The lowest BCUT2D eigenvalue weighted by Crippen LogP contribution is -2.48. The monoisotopic (exact) mass is 412 g/mol. The molecule has 1 aliphatic carbocycles. The maximum Gasteiger partial charge on any atom is 0.279 e. The normalized spacial score (nSPS) is 23.7. The molecule has 1 atom stereocenters. The topological polar surface area (TPSA) is 70.0 Å². The van der Waals surface area contributed by atoms with Crippen LogP contribution in [0.2, 0.25) is 0 Å². The fourth-order valence-corrected chi connectivity index (χ4v) is 5.69. The Morgan fingerprint density at radius 1 is 1.00 bits per heavy atom. The highest BCUT2D eigenvalue weighted by Crippen LogP contribution is 2.37. The van der Waals surface area contributed by atoms with Crippen molar-refractivity contribution in [1.29, 1.82) is 0 Å². The average Bonchev–Trinajstić information content (AvgIpc) is 2.75. The number of sulfonamides is 1. The molecule has 1 unspecified atom stereocenters. The van der Waals surface area contributed by atoms with Gasteiger partial charge in [-0.2, -0.15) is 17.9 Å². The second kappa shape index (κ2) is 7.92. The summed E-state index contributed by atoms with van der Waals surface area (Å²) in [6.45, 7) is 1.84. The van der Waals surface area contributed by atoms with Gasteiger partial charge in [0.05, 0.1) is 11.4 Å². The first-order valence-electron chi connectivity index (χ1n) is 10.3. The lowest BCUT2D eigenvalue weighted by atomic mass is 9.79. The molecule has 1 fully saturated rings. The summed E-state index contributed by atoms with van der Waals surface area (Å²) >= 11 is 0. The first kappa shape index (κ1) is 20.1. The van der Waals surface area contributed by atoms with Crippen molar-refractivity contribution in [2.45, 2.75) is 55.9 Å². The molecular weight excluding hydrogens is 384 g/mol. The van der Waals surface area contributed by atoms with Gasteiger partial charge in [-0.05, 0) is 43.4 Å². The average molecular weight is 413 g/mol. The van der Waals surface area contributed by atoms with E-state index in [0.717, 1.165) is 46.9 Å². The van der Waals surface area contributed by atoms with Gasteiger partial charge in [-0.25, -0.2) is 0 Å². The van der Waals surface area contributed by atoms with Crippen molar-refractivity contribution in [3.05, 3.63) is 65.7 Å². The third-order valence-corrected chi connectivity index (χ3v) is 7.73. The third kappa shape index (κ3) is 4.09. The summed E-state index contributed by atoms with van der Waals surface area (Å²) in [5.74, 6) is 0.231. The summed E-state index contributed by atoms with van der Waals surface area (Å²) in [5.41, 5.74) is 1.24. The van der Waals surface area contributed by atoms with Gasteiger partial charge in [0.25, 0.3) is 10.0 Å². The molecule has 2 aromatic carbocycles. The van der Waals surface area contributed by atoms with Gasteiger partial charge in [0, 0.05) is 12.1 Å². The summed E-state index contributed by atoms with van der Waals surface area (Å²) in [6.07, 6.45) is 5.83. The van der Waals surface area contributed by atoms with E-state index in [1.54, 1.807) is 24.3 Å². The van der Waals surface area contributed by atoms with E-state index in [0.29, 0.717) is 6.42 Å². The van der Waals surface area contributed by atoms with Crippen molar-refractivity contribution < 1.29 is 13.5 Å². The Kier molecular flexibility index (Phi) is 5.49. The number of aryl methyl sites for hydroxylation is 1. The lowest BCUT2D eigenvalue weighted by molar-refractivity contribution is 0.0159. The molecule has 1 aliphatic heterocycles. The molecule has 2 aromatic rings. The minimum atomic E-state index is -3.84. The second-order valence-corrected chi connectivity index (χ2v) is 10.1. The van der Waals surface area contributed by atoms with E-state index < -0.39 is 15.6 Å². The molecule has 0 aromatic heterocycles. The number of hydrogen-bond donors (Lipinski definition) is 1. The SMILES string of the molecule is Cc1ccc(S(=O)(=O)N2CC(O)(c3ccccc3)CC(C3CCCCC3)=N2)cc1. The Labute approximate surface area is 173 Å². The highest BCUT2D eigenvalue weighted by molar-refractivity contribution is 7.89. The van der Waals surface area contributed by atoms with Crippen molar-refractivity contribution >= 4 is 15.7 Å². The van der Waals surface area contributed by atoms with Crippen LogP contribution in [-0.4, -0.2) is 30.2 Å². The van der Waals surface area contributed by atoms with E-state index in [-0.39, 0.29) is 17.4 Å². The predicted molar refractivity (Wildman–Crippen MR) is 114 cm³/mol. The van der Waals surface area contributed by atoms with E-state index in [2.05, 4.69) is 5.10 Å². The molecular formula is C23H28N2O3S. The van der Waals surface area contributed by atoms with Crippen molar-refractivity contribution in [3.63, 3.8) is 0 Å². The molecule has 0 radical (unpaired) electrons. The highest BCUT2D eigenvalue weighted by atomic mass is 32.2. The molecule has 1 saturated carbocycles. The van der Waals surface area contributed by atoms with Crippen LogP contribution in [0.4, 0.5) is 0 Å². The van der Waals surface area contributed by atoms with Crippen LogP contribution in [0.1, 0.15) is 49.7 Å². The number of β-amino-alcohol motifs (C(OH)–C–C–N with tert-alkyl or cyclic N) is 1. The van der Waals surface area contributed by atoms with E-state index in [9.17, 15) is 13.5 Å². The lowest BCUT2D eigenvalue weighted by Gasteiger charge is -2.40. The van der Waals surface area contributed by atoms with Gasteiger partial charge in [0.15, 0.2) is 0 Å². The molecule has 0 bridgehead atoms. The molecule has 4 rings (SSSR count). The van der Waals surface area contributed by atoms with Gasteiger partial charge in [-0.3, -0.25) is 0 Å². The number of hydrogen-bond acceptors (Lipinski definition) is 4. The first-order valence-corrected chi connectivity index (χ1v) is 11.8. The van der Waals surface area contributed by atoms with E-state index >= 15 is 0 Å². The van der Waals surface area contributed by atoms with Crippen LogP contribution in [0, 0.1) is 12.8 Å². The van der Waals surface area contributed by atoms with E-state index in [1.165, 1.54) is 6.42 Å². The number of aliphatic hydroxyl groups is 1. The summed E-state index contributed by atoms with van der Waals surface area (Å²) in [5, 5.41) is 16.2. The number of benzene rings is 2. The van der Waals surface area contributed by atoms with Crippen LogP contribution < -0.4 is 0 Å². The fraction of sp³-hybridized carbons (Fsp3) is 0.435. The van der Waals surface area contributed by atoms with Crippen LogP contribution in [0.3, 0.4) is 0 Å². The van der Waals surface area contributed by atoms with Crippen molar-refractivity contribution in [2.75, 3.05) is 6.54 Å². The van der Waals surface area contributed by atoms with Crippen molar-refractivity contribution in [1.82, 2.24) is 4.41 Å². The molecule has 5 nitrogen and oxygen atoms in total. The maximum atomic E-state index is 13.4. The molecule has 6 heteroatoms. The number of rotatable bonds is 4. The van der Waals surface area contributed by atoms with Crippen LogP contribution in [0.25, 0.3) is 0 Å². The van der Waals surface area contributed by atoms with Crippen molar-refractivity contribution in [3.8, 4) is 0 Å². The first-order chi connectivity index (χ1) is 13.9. The molecule has 1 heterocycles. The van der Waals surface area contributed by atoms with Crippen LogP contribution >= 0.6 is 0 Å². The predicted octanol–water partition coefficient (Wildman–Crippen LogP) is 4.21. The standard InChI is InChI=1S/C23H28N2O3S/c1-18-12-14-21(15-13-18)29(27,28)25-17-23(26,20-10-6-3-7-11-20)16-22(24-25)19-8-4-2-5-9-19/h3,6-7,10-15,19,26H,2,4-5,8-9,16-17H2,1H3. The molecule has 0 spiro atoms. The number of hydrazone groups is 1. The largest absolute Gasteiger partial charge is 0.383 e. The quantitative estimate of drug-likeness (QED) is 0.818. The van der Waals surface area contributed by atoms with Gasteiger partial charge < -0.3 is 5.11 Å². The summed E-state index contributed by atoms with van der Waals surface area (Å²) < 4.78 is 27.8. The van der Waals surface area contributed by atoms with Gasteiger partial charge in [-0.1, -0.05) is 67.3 Å². The molecule has 154 valence electrons. The zero-order valence-electron chi connectivity index (χ0n) is 16.8. The van der Waals surface area contributed by atoms with Gasteiger partial charge in [-0.15, -0.1) is 0 Å². The third-order valence-electron chi connectivity index (χ3n) is 6.09. The van der Waals surface area contributed by atoms with Crippen LogP contribution in [0.15, 0.2) is 64.6 Å². The summed E-state index contributed by atoms with van der Waals surface area (Å²) in [7, 11) is -3.84. The zero-order valence-corrected chi connectivity index (χ0v) is 17.6. The van der Waals surface area contributed by atoms with Crippen LogP contribution in [0.5, 0.6) is 0 Å². The summed E-state index contributed by atoms with van der Waals surface area (Å²) in [6, 6.07) is 16.1. The zero-order chi connectivity index (χ0) is 20.5. The Morgan fingerprint density at radius 3 is 2.31 bits per heavy atom. The van der Waals surface area contributed by atoms with Gasteiger partial charge >= 0.3 is 0 Å².